The summed E-state index contributed by atoms with van der Waals surface area (Å²) in [5.74, 6) is 0. The van der Waals surface area contributed by atoms with E-state index >= 15 is 0 Å². The standard InChI is InChI=1S/C23H32O5/c24-18-25-14-3-9-22-10-12-23(13-11-22,28-17-22)20-7-5-19(6-8-20)16-27-21-4-1-2-15-26-21/h5-8,18,21H,1-4,9-17H2. The van der Waals surface area contributed by atoms with Crippen LogP contribution in [-0.4, -0.2) is 32.6 Å². The molecule has 0 radical (unpaired) electrons. The monoisotopic (exact) mass is 388 g/mol. The van der Waals surface area contributed by atoms with Crippen molar-refractivity contribution in [2.24, 2.45) is 5.41 Å². The van der Waals surface area contributed by atoms with Gasteiger partial charge in [-0.05, 0) is 74.3 Å². The molecule has 1 aromatic rings. The minimum atomic E-state index is -0.118. The maximum Gasteiger partial charge on any atom is 0.293 e. The van der Waals surface area contributed by atoms with Crippen molar-refractivity contribution >= 4 is 6.47 Å². The van der Waals surface area contributed by atoms with Gasteiger partial charge in [-0.2, -0.15) is 0 Å². The zero-order valence-corrected chi connectivity index (χ0v) is 16.7. The second kappa shape index (κ2) is 8.93. The number of carbonyl (C=O) groups is 1. The van der Waals surface area contributed by atoms with E-state index in [1.54, 1.807) is 0 Å². The van der Waals surface area contributed by atoms with Crippen molar-refractivity contribution in [2.75, 3.05) is 19.8 Å². The van der Waals surface area contributed by atoms with Gasteiger partial charge in [-0.25, -0.2) is 0 Å². The Morgan fingerprint density at radius 2 is 1.93 bits per heavy atom. The van der Waals surface area contributed by atoms with Crippen LogP contribution in [-0.2, 0) is 35.9 Å². The largest absolute Gasteiger partial charge is 0.468 e. The minimum absolute atomic E-state index is 0.0444. The van der Waals surface area contributed by atoms with E-state index in [2.05, 4.69) is 24.3 Å². The van der Waals surface area contributed by atoms with Gasteiger partial charge >= 0.3 is 0 Å². The van der Waals surface area contributed by atoms with Gasteiger partial charge in [0.15, 0.2) is 6.29 Å². The van der Waals surface area contributed by atoms with Gasteiger partial charge in [0.2, 0.25) is 0 Å². The normalized spacial score (nSPS) is 32.2. The highest BCUT2D eigenvalue weighted by atomic mass is 16.7. The third-order valence-corrected chi connectivity index (χ3v) is 6.86. The van der Waals surface area contributed by atoms with Gasteiger partial charge in [0.25, 0.3) is 6.47 Å². The van der Waals surface area contributed by atoms with Crippen LogP contribution >= 0.6 is 0 Å². The summed E-state index contributed by atoms with van der Waals surface area (Å²) < 4.78 is 22.8. The molecule has 4 aliphatic rings. The van der Waals surface area contributed by atoms with Crippen molar-refractivity contribution in [1.82, 2.24) is 0 Å². The summed E-state index contributed by atoms with van der Waals surface area (Å²) >= 11 is 0. The van der Waals surface area contributed by atoms with E-state index in [9.17, 15) is 4.79 Å². The minimum Gasteiger partial charge on any atom is -0.468 e. The molecule has 2 bridgehead atoms. The molecular weight excluding hydrogens is 356 g/mol. The molecule has 5 heteroatoms. The lowest BCUT2D eigenvalue weighted by atomic mass is 9.62. The molecule has 0 N–H and O–H groups in total. The first-order valence-corrected chi connectivity index (χ1v) is 10.8. The number of carbonyl (C=O) groups excluding carboxylic acids is 1. The molecular formula is C23H32O5. The lowest BCUT2D eigenvalue weighted by Crippen LogP contribution is -2.49. The summed E-state index contributed by atoms with van der Waals surface area (Å²) in [6.45, 7) is 3.29. The van der Waals surface area contributed by atoms with Crippen molar-refractivity contribution in [2.45, 2.75) is 76.3 Å². The Morgan fingerprint density at radius 1 is 1.11 bits per heavy atom. The molecule has 0 spiro atoms. The molecule has 1 atom stereocenters. The second-order valence-corrected chi connectivity index (χ2v) is 8.66. The Hall–Kier alpha value is -1.43. The average Bonchev–Trinajstić information content (AvgIpc) is 2.78. The molecule has 1 aromatic carbocycles. The summed E-state index contributed by atoms with van der Waals surface area (Å²) in [5.41, 5.74) is 2.64. The Labute approximate surface area is 167 Å². The van der Waals surface area contributed by atoms with Gasteiger partial charge in [0.1, 0.15) is 0 Å². The van der Waals surface area contributed by atoms with Gasteiger partial charge < -0.3 is 18.9 Å². The molecule has 0 aromatic heterocycles. The third-order valence-electron chi connectivity index (χ3n) is 6.86. The fourth-order valence-corrected chi connectivity index (χ4v) is 4.97. The maximum atomic E-state index is 10.3. The summed E-state index contributed by atoms with van der Waals surface area (Å²) in [7, 11) is 0. The van der Waals surface area contributed by atoms with E-state index < -0.39 is 0 Å². The molecule has 1 aliphatic carbocycles. The van der Waals surface area contributed by atoms with Crippen LogP contribution in [0.5, 0.6) is 0 Å². The second-order valence-electron chi connectivity index (χ2n) is 8.66. The SMILES string of the molecule is O=COCCCC12CCC(c3ccc(COC4CCCCO4)cc3)(CC1)OC2. The first kappa shape index (κ1) is 19.9. The van der Waals surface area contributed by atoms with Crippen LogP contribution in [0.2, 0.25) is 0 Å². The van der Waals surface area contributed by atoms with E-state index in [1.165, 1.54) is 30.4 Å². The van der Waals surface area contributed by atoms with Crippen molar-refractivity contribution < 1.29 is 23.7 Å². The zero-order chi connectivity index (χ0) is 19.3. The quantitative estimate of drug-likeness (QED) is 0.461. The van der Waals surface area contributed by atoms with Gasteiger partial charge in [0, 0.05) is 6.61 Å². The van der Waals surface area contributed by atoms with Crippen molar-refractivity contribution in [3.8, 4) is 0 Å². The number of benzene rings is 1. The molecule has 5 rings (SSSR count). The molecule has 154 valence electrons. The molecule has 28 heavy (non-hydrogen) atoms. The van der Waals surface area contributed by atoms with E-state index in [-0.39, 0.29) is 17.3 Å². The van der Waals surface area contributed by atoms with E-state index in [0.29, 0.717) is 19.7 Å². The molecule has 3 aliphatic heterocycles. The van der Waals surface area contributed by atoms with Crippen LogP contribution in [0.25, 0.3) is 0 Å². The lowest BCUT2D eigenvalue weighted by Gasteiger charge is -2.53. The lowest BCUT2D eigenvalue weighted by molar-refractivity contribution is -0.192. The van der Waals surface area contributed by atoms with E-state index in [1.807, 2.05) is 0 Å². The predicted molar refractivity (Wildman–Crippen MR) is 105 cm³/mol. The topological polar surface area (TPSA) is 54.0 Å². The Kier molecular flexibility index (Phi) is 6.34. The summed E-state index contributed by atoms with van der Waals surface area (Å²) in [4.78, 5) is 10.3. The van der Waals surface area contributed by atoms with E-state index in [4.69, 9.17) is 18.9 Å². The molecule has 3 saturated heterocycles. The Bertz CT molecular complexity index is 610. The Balaban J connectivity index is 1.29. The third kappa shape index (κ3) is 4.42. The molecule has 5 nitrogen and oxygen atoms in total. The number of fused-ring (bicyclic) bond motifs is 3. The van der Waals surface area contributed by atoms with Gasteiger partial charge in [-0.1, -0.05) is 24.3 Å². The van der Waals surface area contributed by atoms with Crippen LogP contribution in [0.3, 0.4) is 0 Å². The molecule has 0 amide bonds. The van der Waals surface area contributed by atoms with Crippen molar-refractivity contribution in [3.63, 3.8) is 0 Å². The van der Waals surface area contributed by atoms with Crippen molar-refractivity contribution in [3.05, 3.63) is 35.4 Å². The summed E-state index contributed by atoms with van der Waals surface area (Å²) in [6.07, 6.45) is 9.83. The van der Waals surface area contributed by atoms with Crippen LogP contribution in [0.15, 0.2) is 24.3 Å². The highest BCUT2D eigenvalue weighted by Gasteiger charge is 2.50. The van der Waals surface area contributed by atoms with Gasteiger partial charge in [-0.15, -0.1) is 0 Å². The van der Waals surface area contributed by atoms with Crippen LogP contribution in [0.1, 0.15) is 68.9 Å². The molecule has 1 saturated carbocycles. The zero-order valence-electron chi connectivity index (χ0n) is 16.7. The predicted octanol–water partition coefficient (Wildman–Crippen LogP) is 4.47. The van der Waals surface area contributed by atoms with E-state index in [0.717, 1.165) is 51.7 Å². The van der Waals surface area contributed by atoms with Crippen LogP contribution < -0.4 is 0 Å². The fraction of sp³-hybridized carbons (Fsp3) is 0.696. The van der Waals surface area contributed by atoms with Crippen LogP contribution in [0, 0.1) is 5.41 Å². The molecule has 3 heterocycles. The van der Waals surface area contributed by atoms with Gasteiger partial charge in [0.05, 0.1) is 25.4 Å². The first-order chi connectivity index (χ1) is 13.7. The Morgan fingerprint density at radius 3 is 2.57 bits per heavy atom. The van der Waals surface area contributed by atoms with Gasteiger partial charge in [-0.3, -0.25) is 4.79 Å². The number of hydrogen-bond donors (Lipinski definition) is 0. The highest BCUT2D eigenvalue weighted by molar-refractivity contribution is 5.36. The number of ether oxygens (including phenoxy) is 4. The number of rotatable bonds is 9. The van der Waals surface area contributed by atoms with Crippen molar-refractivity contribution in [1.29, 1.82) is 0 Å². The summed E-state index contributed by atoms with van der Waals surface area (Å²) in [5, 5.41) is 0. The molecule has 1 unspecified atom stereocenters. The van der Waals surface area contributed by atoms with Crippen LogP contribution in [0.4, 0.5) is 0 Å². The first-order valence-electron chi connectivity index (χ1n) is 10.8. The maximum absolute atomic E-state index is 10.3. The fourth-order valence-electron chi connectivity index (χ4n) is 4.97. The number of hydrogen-bond acceptors (Lipinski definition) is 5. The smallest absolute Gasteiger partial charge is 0.293 e. The molecule has 4 fully saturated rings. The average molecular weight is 389 g/mol. The summed E-state index contributed by atoms with van der Waals surface area (Å²) in [6, 6.07) is 8.78. The highest BCUT2D eigenvalue weighted by Crippen LogP contribution is 2.55.